The highest BCUT2D eigenvalue weighted by molar-refractivity contribution is 7.44. The Balaban J connectivity index is 3.14. The molecule has 0 spiro atoms. The van der Waals surface area contributed by atoms with Gasteiger partial charge in [-0.3, -0.25) is 0 Å². The third kappa shape index (κ3) is 13.9. The van der Waals surface area contributed by atoms with Crippen molar-refractivity contribution in [3.63, 3.8) is 0 Å². The molecule has 0 saturated heterocycles. The molecule has 0 aromatic carbocycles. The molecule has 0 aliphatic heterocycles. The van der Waals surface area contributed by atoms with E-state index in [-0.39, 0.29) is 5.97 Å². The van der Waals surface area contributed by atoms with Crippen molar-refractivity contribution in [3.8, 4) is 0 Å². The van der Waals surface area contributed by atoms with E-state index in [0.29, 0.717) is 6.61 Å². The minimum atomic E-state index is -1.88. The first-order valence-corrected chi connectivity index (χ1v) is 10.9. The third-order valence-corrected chi connectivity index (χ3v) is 4.79. The molecule has 0 bridgehead atoms. The van der Waals surface area contributed by atoms with Crippen LogP contribution >= 0.6 is 22.2 Å². The van der Waals surface area contributed by atoms with Gasteiger partial charge in [-0.1, -0.05) is 38.7 Å². The lowest BCUT2D eigenvalue weighted by molar-refractivity contribution is -0.137. The number of carbonyl (C=O) groups excluding carboxylic acids is 1. The fourth-order valence-corrected chi connectivity index (χ4v) is 3.15. The summed E-state index contributed by atoms with van der Waals surface area (Å²) in [5, 5.41) is 0. The van der Waals surface area contributed by atoms with Crippen LogP contribution in [0.25, 0.3) is 0 Å². The van der Waals surface area contributed by atoms with E-state index in [9.17, 15) is 4.79 Å². The molecule has 17 heavy (non-hydrogen) atoms. The van der Waals surface area contributed by atoms with Crippen molar-refractivity contribution in [2.75, 3.05) is 6.61 Å². The second kappa shape index (κ2) is 9.98. The molecule has 5 heteroatoms. The molecule has 0 aliphatic rings. The Hall–Kier alpha value is 0.00688. The summed E-state index contributed by atoms with van der Waals surface area (Å²) < 4.78 is 4.88. The Bertz CT molecular complexity index is 227. The first-order valence-electron chi connectivity index (χ1n) is 6.13. The normalized spacial score (nSPS) is 11.2. The number of halogens is 2. The van der Waals surface area contributed by atoms with Crippen molar-refractivity contribution < 1.29 is 9.53 Å². The molecule has 0 radical (unpaired) electrons. The van der Waals surface area contributed by atoms with Crippen LogP contribution in [0.3, 0.4) is 0 Å². The lowest BCUT2D eigenvalue weighted by Crippen LogP contribution is -2.11. The van der Waals surface area contributed by atoms with Crippen molar-refractivity contribution in [1.82, 2.24) is 0 Å². The summed E-state index contributed by atoms with van der Waals surface area (Å²) in [6, 6.07) is 0.979. The van der Waals surface area contributed by atoms with Gasteiger partial charge in [0.15, 0.2) is 0 Å². The van der Waals surface area contributed by atoms with Crippen molar-refractivity contribution in [1.29, 1.82) is 0 Å². The summed E-state index contributed by atoms with van der Waals surface area (Å²) in [5.41, 5.74) is 0. The summed E-state index contributed by atoms with van der Waals surface area (Å²) in [4.78, 5) is 10.7. The van der Waals surface area contributed by atoms with Crippen molar-refractivity contribution in [2.45, 2.75) is 51.1 Å². The zero-order valence-electron chi connectivity index (χ0n) is 10.5. The van der Waals surface area contributed by atoms with Crippen molar-refractivity contribution in [3.05, 3.63) is 12.7 Å². The third-order valence-electron chi connectivity index (χ3n) is 2.42. The Morgan fingerprint density at radius 2 is 1.71 bits per heavy atom. The van der Waals surface area contributed by atoms with E-state index in [1.54, 1.807) is 0 Å². The number of hydrogen-bond donors (Lipinski definition) is 0. The molecule has 0 N–H and O–H groups in total. The maximum absolute atomic E-state index is 10.7. The average molecular weight is 297 g/mol. The molecule has 0 heterocycles. The lowest BCUT2D eigenvalue weighted by Gasteiger charge is -2.09. The molecule has 0 saturated carbocycles. The molecule has 0 amide bonds. The molecular weight excluding hydrogens is 275 g/mol. The van der Waals surface area contributed by atoms with Gasteiger partial charge in [0.2, 0.25) is 6.69 Å². The lowest BCUT2D eigenvalue weighted by atomic mass is 10.1. The Kier molecular flexibility index (Phi) is 9.98. The minimum Gasteiger partial charge on any atom is -0.463 e. The van der Waals surface area contributed by atoms with Crippen LogP contribution in [0.1, 0.15) is 38.5 Å². The van der Waals surface area contributed by atoms with Gasteiger partial charge in [-0.25, -0.2) is 4.79 Å². The van der Waals surface area contributed by atoms with E-state index >= 15 is 0 Å². The molecule has 0 atom stereocenters. The van der Waals surface area contributed by atoms with Crippen LogP contribution in [0.5, 0.6) is 0 Å². The predicted molar refractivity (Wildman–Crippen MR) is 77.0 cm³/mol. The maximum Gasteiger partial charge on any atom is 0.330 e. The first kappa shape index (κ1) is 17.0. The SMILES string of the molecule is C=CC(=O)OCCCCCCCC[Si](C)(Cl)Cl. The van der Waals surface area contributed by atoms with E-state index in [1.807, 2.05) is 6.55 Å². The average Bonchev–Trinajstić information content (AvgIpc) is 2.25. The number of hydrogen-bond acceptors (Lipinski definition) is 2. The number of rotatable bonds is 10. The molecule has 0 aliphatic carbocycles. The summed E-state index contributed by atoms with van der Waals surface area (Å²) >= 11 is 12.0. The number of esters is 1. The van der Waals surface area contributed by atoms with Gasteiger partial charge in [0.05, 0.1) is 6.61 Å². The highest BCUT2D eigenvalue weighted by Gasteiger charge is 2.19. The maximum atomic E-state index is 10.7. The fraction of sp³-hybridized carbons (Fsp3) is 0.750. The van der Waals surface area contributed by atoms with Gasteiger partial charge in [-0.05, 0) is 19.0 Å². The molecular formula is C12H22Cl2O2Si. The smallest absolute Gasteiger partial charge is 0.330 e. The number of carbonyl (C=O) groups is 1. The van der Waals surface area contributed by atoms with Crippen LogP contribution in [-0.4, -0.2) is 19.3 Å². The monoisotopic (exact) mass is 296 g/mol. The van der Waals surface area contributed by atoms with E-state index in [4.69, 9.17) is 26.9 Å². The predicted octanol–water partition coefficient (Wildman–Crippen LogP) is 4.61. The summed E-state index contributed by atoms with van der Waals surface area (Å²) in [6.45, 7) is 3.92. The van der Waals surface area contributed by atoms with Gasteiger partial charge in [0.25, 0.3) is 0 Å². The first-order chi connectivity index (χ1) is 7.95. The summed E-state index contributed by atoms with van der Waals surface area (Å²) in [6.07, 6.45) is 7.91. The molecule has 2 nitrogen and oxygen atoms in total. The van der Waals surface area contributed by atoms with Crippen LogP contribution in [0.4, 0.5) is 0 Å². The molecule has 0 aromatic heterocycles. The Morgan fingerprint density at radius 3 is 2.24 bits per heavy atom. The van der Waals surface area contributed by atoms with E-state index in [1.165, 1.54) is 25.3 Å². The van der Waals surface area contributed by atoms with Gasteiger partial charge in [0, 0.05) is 6.08 Å². The van der Waals surface area contributed by atoms with Crippen molar-refractivity contribution in [2.24, 2.45) is 0 Å². The van der Waals surface area contributed by atoms with Crippen LogP contribution in [0, 0.1) is 0 Å². The highest BCUT2D eigenvalue weighted by Crippen LogP contribution is 2.23. The van der Waals surface area contributed by atoms with E-state index in [2.05, 4.69) is 6.58 Å². The van der Waals surface area contributed by atoms with E-state index in [0.717, 1.165) is 25.3 Å². The van der Waals surface area contributed by atoms with Crippen LogP contribution in [0.15, 0.2) is 12.7 Å². The zero-order valence-corrected chi connectivity index (χ0v) is 13.0. The molecule has 0 aromatic rings. The van der Waals surface area contributed by atoms with Gasteiger partial charge < -0.3 is 4.74 Å². The largest absolute Gasteiger partial charge is 0.463 e. The second-order valence-electron chi connectivity index (χ2n) is 4.31. The quantitative estimate of drug-likeness (QED) is 0.193. The molecule has 0 rings (SSSR count). The summed E-state index contributed by atoms with van der Waals surface area (Å²) in [7, 11) is 0. The van der Waals surface area contributed by atoms with Gasteiger partial charge in [-0.15, -0.1) is 22.2 Å². The van der Waals surface area contributed by atoms with Gasteiger partial charge in [-0.2, -0.15) is 0 Å². The van der Waals surface area contributed by atoms with Crippen LogP contribution < -0.4 is 0 Å². The van der Waals surface area contributed by atoms with Gasteiger partial charge >= 0.3 is 5.97 Å². The fourth-order valence-electron chi connectivity index (χ4n) is 1.48. The van der Waals surface area contributed by atoms with Crippen LogP contribution in [-0.2, 0) is 9.53 Å². The van der Waals surface area contributed by atoms with Gasteiger partial charge in [0.1, 0.15) is 0 Å². The Morgan fingerprint density at radius 1 is 1.18 bits per heavy atom. The number of ether oxygens (including phenoxy) is 1. The number of unbranched alkanes of at least 4 members (excludes halogenated alkanes) is 5. The topological polar surface area (TPSA) is 26.3 Å². The molecule has 0 unspecified atom stereocenters. The zero-order chi connectivity index (χ0) is 13.1. The molecule has 0 fully saturated rings. The van der Waals surface area contributed by atoms with Crippen molar-refractivity contribution >= 4 is 34.8 Å². The second-order valence-corrected chi connectivity index (χ2v) is 12.5. The Labute approximate surface area is 115 Å². The standard InChI is InChI=1S/C12H22Cl2O2Si/c1-3-12(15)16-10-8-6-4-5-7-9-11-17(2,13)14/h3H,1,4-11H2,2H3. The molecule has 100 valence electrons. The highest BCUT2D eigenvalue weighted by atomic mass is 35.7. The minimum absolute atomic E-state index is 0.335. The van der Waals surface area contributed by atoms with E-state index < -0.39 is 6.69 Å². The van der Waals surface area contributed by atoms with Crippen LogP contribution in [0.2, 0.25) is 12.6 Å². The summed E-state index contributed by atoms with van der Waals surface area (Å²) in [5.74, 6) is -0.335.